The number of nitrogens with zero attached hydrogens (tertiary/aromatic N) is 2. The Hall–Kier alpha value is -4.00. The van der Waals surface area contributed by atoms with E-state index in [2.05, 4.69) is 27.3 Å². The molecule has 42 heavy (non-hydrogen) atoms. The van der Waals surface area contributed by atoms with Crippen LogP contribution in [0.2, 0.25) is 0 Å². The van der Waals surface area contributed by atoms with Crippen molar-refractivity contribution in [2.75, 3.05) is 27.3 Å². The first-order chi connectivity index (χ1) is 20.1. The van der Waals surface area contributed by atoms with E-state index < -0.39 is 12.3 Å². The van der Waals surface area contributed by atoms with Crippen LogP contribution in [0.3, 0.4) is 0 Å². The molecule has 3 amide bonds. The number of carbonyl (C=O) groups excluding carboxylic acids is 2. The normalized spacial score (nSPS) is 11.7. The summed E-state index contributed by atoms with van der Waals surface area (Å²) in [6, 6.07) is 9.97. The summed E-state index contributed by atoms with van der Waals surface area (Å²) in [5, 5.41) is 7.44. The standard InChI is InChI=1S/C29H35F3N4O5S/c1-4-5-6-7-15-33-27(38)34-16-8-17-36-24(20-9-11-21(12-10-20)41-29(30,31)32)19-42-28(36)35-26(37)23-14-13-22(39-2)18-25(23)40-3/h9-14,18-19H,4-8,15-17H2,1-3H3,(H2,33,34,38)/b35-28-. The van der Waals surface area contributed by atoms with Crippen LogP contribution in [-0.2, 0) is 6.54 Å². The Balaban J connectivity index is 1.81. The van der Waals surface area contributed by atoms with Crippen molar-refractivity contribution in [1.82, 2.24) is 15.2 Å². The Kier molecular flexibility index (Phi) is 12.3. The van der Waals surface area contributed by atoms with Gasteiger partial charge in [0.25, 0.3) is 5.91 Å². The van der Waals surface area contributed by atoms with E-state index in [9.17, 15) is 22.8 Å². The fourth-order valence-corrected chi connectivity index (χ4v) is 5.00. The van der Waals surface area contributed by atoms with Gasteiger partial charge in [-0.3, -0.25) is 4.79 Å². The highest BCUT2D eigenvalue weighted by atomic mass is 32.1. The van der Waals surface area contributed by atoms with Gasteiger partial charge in [-0.05, 0) is 54.8 Å². The Morgan fingerprint density at radius 1 is 0.929 bits per heavy atom. The van der Waals surface area contributed by atoms with Crippen LogP contribution >= 0.6 is 11.3 Å². The minimum atomic E-state index is -4.80. The maximum Gasteiger partial charge on any atom is 0.573 e. The van der Waals surface area contributed by atoms with Gasteiger partial charge < -0.3 is 29.4 Å². The third-order valence-electron chi connectivity index (χ3n) is 6.18. The average Bonchev–Trinajstić information content (AvgIpc) is 3.36. The zero-order valence-electron chi connectivity index (χ0n) is 23.8. The van der Waals surface area contributed by atoms with Crippen molar-refractivity contribution in [3.8, 4) is 28.5 Å². The summed E-state index contributed by atoms with van der Waals surface area (Å²) in [7, 11) is 2.94. The number of benzene rings is 2. The van der Waals surface area contributed by atoms with E-state index in [0.29, 0.717) is 53.6 Å². The first-order valence-corrected chi connectivity index (χ1v) is 14.4. The van der Waals surface area contributed by atoms with Crippen LogP contribution in [0.4, 0.5) is 18.0 Å². The van der Waals surface area contributed by atoms with Crippen LogP contribution in [0, 0.1) is 0 Å². The van der Waals surface area contributed by atoms with E-state index >= 15 is 0 Å². The van der Waals surface area contributed by atoms with Crippen molar-refractivity contribution < 1.29 is 37.0 Å². The third-order valence-corrected chi connectivity index (χ3v) is 7.04. The van der Waals surface area contributed by atoms with Crippen LogP contribution in [0.1, 0.15) is 49.4 Å². The number of halogens is 3. The quantitative estimate of drug-likeness (QED) is 0.214. The van der Waals surface area contributed by atoms with Crippen LogP contribution < -0.4 is 29.6 Å². The number of unbranched alkanes of at least 4 members (excludes halogenated alkanes) is 3. The molecule has 3 aromatic rings. The number of aromatic nitrogens is 1. The van der Waals surface area contributed by atoms with Gasteiger partial charge >= 0.3 is 12.4 Å². The van der Waals surface area contributed by atoms with Gasteiger partial charge in [-0.15, -0.1) is 24.5 Å². The van der Waals surface area contributed by atoms with Gasteiger partial charge in [-0.2, -0.15) is 4.99 Å². The van der Waals surface area contributed by atoms with Crippen molar-refractivity contribution in [2.45, 2.75) is 51.9 Å². The largest absolute Gasteiger partial charge is 0.573 e. The molecule has 228 valence electrons. The molecule has 0 spiro atoms. The van der Waals surface area contributed by atoms with Crippen LogP contribution in [-0.4, -0.2) is 50.2 Å². The topological polar surface area (TPSA) is 103 Å². The number of thiazole rings is 1. The van der Waals surface area contributed by atoms with Gasteiger partial charge in [0.1, 0.15) is 17.2 Å². The molecule has 0 atom stereocenters. The van der Waals surface area contributed by atoms with Crippen molar-refractivity contribution in [3.63, 3.8) is 0 Å². The highest BCUT2D eigenvalue weighted by molar-refractivity contribution is 7.07. The molecule has 3 rings (SSSR count). The smallest absolute Gasteiger partial charge is 0.497 e. The summed E-state index contributed by atoms with van der Waals surface area (Å²) < 4.78 is 54.2. The number of urea groups is 1. The van der Waals surface area contributed by atoms with E-state index in [4.69, 9.17) is 9.47 Å². The summed E-state index contributed by atoms with van der Waals surface area (Å²) >= 11 is 1.21. The zero-order valence-corrected chi connectivity index (χ0v) is 24.6. The van der Waals surface area contributed by atoms with Crippen LogP contribution in [0.5, 0.6) is 17.2 Å². The number of nitrogens with one attached hydrogen (secondary N) is 2. The Morgan fingerprint density at radius 2 is 1.62 bits per heavy atom. The second-order valence-corrected chi connectivity index (χ2v) is 10.0. The van der Waals surface area contributed by atoms with E-state index in [1.54, 1.807) is 28.1 Å². The van der Waals surface area contributed by atoms with Crippen molar-refractivity contribution in [1.29, 1.82) is 0 Å². The molecule has 0 aliphatic rings. The molecule has 0 radical (unpaired) electrons. The number of amides is 3. The summed E-state index contributed by atoms with van der Waals surface area (Å²) in [5.41, 5.74) is 1.49. The van der Waals surface area contributed by atoms with E-state index in [0.717, 1.165) is 25.7 Å². The summed E-state index contributed by atoms with van der Waals surface area (Å²) in [6.45, 7) is 3.46. The van der Waals surface area contributed by atoms with Crippen molar-refractivity contribution >= 4 is 23.3 Å². The fraction of sp³-hybridized carbons (Fsp3) is 0.414. The second kappa shape index (κ2) is 15.9. The molecule has 0 aliphatic heterocycles. The molecular weight excluding hydrogens is 573 g/mol. The van der Waals surface area contributed by atoms with Crippen molar-refractivity contribution in [3.05, 3.63) is 58.2 Å². The predicted molar refractivity (Wildman–Crippen MR) is 154 cm³/mol. The van der Waals surface area contributed by atoms with Gasteiger partial charge in [-0.1, -0.05) is 26.2 Å². The summed E-state index contributed by atoms with van der Waals surface area (Å²) in [5.74, 6) is -0.0558. The molecule has 9 nitrogen and oxygen atoms in total. The summed E-state index contributed by atoms with van der Waals surface area (Å²) in [4.78, 5) is 30.0. The number of alkyl halides is 3. The average molecular weight is 609 g/mol. The minimum absolute atomic E-state index is 0.241. The Labute approximate surface area is 246 Å². The Morgan fingerprint density at radius 3 is 2.26 bits per heavy atom. The molecule has 0 bridgehead atoms. The third kappa shape index (κ3) is 9.82. The first kappa shape index (κ1) is 32.5. The molecule has 0 aliphatic carbocycles. The second-order valence-electron chi connectivity index (χ2n) is 9.21. The lowest BCUT2D eigenvalue weighted by Gasteiger charge is -2.12. The Bertz CT molecular complexity index is 1390. The van der Waals surface area contributed by atoms with Gasteiger partial charge in [-0.25, -0.2) is 4.79 Å². The molecule has 1 aromatic heterocycles. The summed E-state index contributed by atoms with van der Waals surface area (Å²) in [6.07, 6.45) is -0.0652. The van der Waals surface area contributed by atoms with Crippen molar-refractivity contribution in [2.24, 2.45) is 4.99 Å². The molecule has 0 saturated heterocycles. The number of methoxy groups -OCH3 is 2. The van der Waals surface area contributed by atoms with Gasteiger partial charge in [0.15, 0.2) is 4.80 Å². The van der Waals surface area contributed by atoms with Crippen LogP contribution in [0.15, 0.2) is 52.8 Å². The number of hydrogen-bond donors (Lipinski definition) is 2. The van der Waals surface area contributed by atoms with Gasteiger partial charge in [0.2, 0.25) is 0 Å². The number of rotatable bonds is 14. The van der Waals surface area contributed by atoms with Gasteiger partial charge in [0.05, 0.1) is 25.5 Å². The zero-order chi connectivity index (χ0) is 30.5. The molecule has 13 heteroatoms. The molecule has 2 N–H and O–H groups in total. The monoisotopic (exact) mass is 608 g/mol. The van der Waals surface area contributed by atoms with Crippen LogP contribution in [0.25, 0.3) is 11.3 Å². The minimum Gasteiger partial charge on any atom is -0.497 e. The lowest BCUT2D eigenvalue weighted by Crippen LogP contribution is -2.37. The highest BCUT2D eigenvalue weighted by Gasteiger charge is 2.31. The predicted octanol–water partition coefficient (Wildman–Crippen LogP) is 6.14. The van der Waals surface area contributed by atoms with E-state index in [-0.39, 0.29) is 17.3 Å². The lowest BCUT2D eigenvalue weighted by molar-refractivity contribution is -0.274. The first-order valence-electron chi connectivity index (χ1n) is 13.5. The maximum atomic E-state index is 13.2. The molecule has 0 fully saturated rings. The number of ether oxygens (including phenoxy) is 3. The van der Waals surface area contributed by atoms with E-state index in [1.165, 1.54) is 49.8 Å². The SMILES string of the molecule is CCCCCCNC(=O)NCCCn1c(-c2ccc(OC(F)(F)F)cc2)cs/c1=N\C(=O)c1ccc(OC)cc1OC. The fourth-order valence-electron chi connectivity index (χ4n) is 4.07. The molecule has 2 aromatic carbocycles. The number of carbonyl (C=O) groups is 2. The van der Waals surface area contributed by atoms with E-state index in [1.807, 2.05) is 0 Å². The molecule has 0 saturated carbocycles. The maximum absolute atomic E-state index is 13.2. The molecule has 0 unspecified atom stereocenters. The highest BCUT2D eigenvalue weighted by Crippen LogP contribution is 2.28. The molecular formula is C29H35F3N4O5S. The van der Waals surface area contributed by atoms with Gasteiger partial charge in [0, 0.05) is 31.1 Å². The molecule has 1 heterocycles. The lowest BCUT2D eigenvalue weighted by atomic mass is 10.1. The number of hydrogen-bond acceptors (Lipinski definition) is 6.